The van der Waals surface area contributed by atoms with Gasteiger partial charge < -0.3 is 5.32 Å². The normalized spacial score (nSPS) is 10.3. The quantitative estimate of drug-likeness (QED) is 0.811. The van der Waals surface area contributed by atoms with Crippen LogP contribution in [0.5, 0.6) is 0 Å². The number of hydrogen-bond acceptors (Lipinski definition) is 2. The molecule has 0 aromatic heterocycles. The van der Waals surface area contributed by atoms with Gasteiger partial charge in [-0.05, 0) is 29.3 Å². The summed E-state index contributed by atoms with van der Waals surface area (Å²) in [6.07, 6.45) is 0.893. The summed E-state index contributed by atoms with van der Waals surface area (Å²) in [5, 5.41) is 3.31. The molecule has 0 heterocycles. The second kappa shape index (κ2) is 6.12. The highest BCUT2D eigenvalue weighted by molar-refractivity contribution is 5.78. The molecule has 1 N–H and O–H groups in total. The number of carbonyl (C=O) groups excluding carboxylic acids is 1. The number of carbonyl (C=O) groups is 1. The second-order valence-electron chi connectivity index (χ2n) is 4.18. The van der Waals surface area contributed by atoms with Crippen LogP contribution in [-0.4, -0.2) is 12.8 Å². The molecule has 0 amide bonds. The maximum absolute atomic E-state index is 10.9. The van der Waals surface area contributed by atoms with E-state index in [9.17, 15) is 4.79 Å². The Kier molecular flexibility index (Phi) is 4.26. The van der Waals surface area contributed by atoms with Gasteiger partial charge in [0.25, 0.3) is 0 Å². The number of nitrogens with one attached hydrogen (secondary N) is 1. The van der Waals surface area contributed by atoms with Gasteiger partial charge in [0.05, 0.1) is 0 Å². The Morgan fingerprint density at radius 3 is 2.56 bits per heavy atom. The number of aldehydes is 1. The summed E-state index contributed by atoms with van der Waals surface area (Å²) in [4.78, 5) is 10.9. The first-order valence-corrected chi connectivity index (χ1v) is 6.19. The van der Waals surface area contributed by atoms with Gasteiger partial charge in [0, 0.05) is 12.1 Å². The average molecular weight is 239 g/mol. The molecule has 0 bridgehead atoms. The van der Waals surface area contributed by atoms with Crippen LogP contribution in [0.15, 0.2) is 48.5 Å². The van der Waals surface area contributed by atoms with Gasteiger partial charge in [-0.15, -0.1) is 0 Å². The molecule has 0 saturated carbocycles. The molecule has 0 unspecified atom stereocenters. The van der Waals surface area contributed by atoms with Gasteiger partial charge in [0.15, 0.2) is 0 Å². The Bertz CT molecular complexity index is 520. The fraction of sp³-hybridized carbons (Fsp3) is 0.188. The first kappa shape index (κ1) is 12.5. The molecule has 0 aliphatic heterocycles. The molecule has 18 heavy (non-hydrogen) atoms. The standard InChI is InChI=1S/C16H17NO/c1-2-17-11-15-10-13(12-18)8-9-16(15)14-6-4-3-5-7-14/h3-10,12,17H,2,11H2,1H3. The lowest BCUT2D eigenvalue weighted by molar-refractivity contribution is 0.112. The van der Waals surface area contributed by atoms with Gasteiger partial charge in [-0.2, -0.15) is 0 Å². The predicted molar refractivity (Wildman–Crippen MR) is 74.6 cm³/mol. The smallest absolute Gasteiger partial charge is 0.150 e. The van der Waals surface area contributed by atoms with Crippen LogP contribution in [0.4, 0.5) is 0 Å². The van der Waals surface area contributed by atoms with Crippen molar-refractivity contribution in [2.75, 3.05) is 6.54 Å². The van der Waals surface area contributed by atoms with E-state index in [2.05, 4.69) is 24.4 Å². The molecule has 92 valence electrons. The minimum absolute atomic E-state index is 0.725. The SMILES string of the molecule is CCNCc1cc(C=O)ccc1-c1ccccc1. The van der Waals surface area contributed by atoms with Crippen LogP contribution < -0.4 is 5.32 Å². The van der Waals surface area contributed by atoms with Crippen molar-refractivity contribution in [3.05, 3.63) is 59.7 Å². The highest BCUT2D eigenvalue weighted by Crippen LogP contribution is 2.24. The van der Waals surface area contributed by atoms with E-state index in [-0.39, 0.29) is 0 Å². The number of rotatable bonds is 5. The van der Waals surface area contributed by atoms with Gasteiger partial charge >= 0.3 is 0 Å². The first-order chi connectivity index (χ1) is 8.85. The summed E-state index contributed by atoms with van der Waals surface area (Å²) in [6, 6.07) is 16.1. The zero-order chi connectivity index (χ0) is 12.8. The summed E-state index contributed by atoms with van der Waals surface area (Å²) >= 11 is 0. The molecule has 0 radical (unpaired) electrons. The van der Waals surface area contributed by atoms with Crippen molar-refractivity contribution in [1.29, 1.82) is 0 Å². The topological polar surface area (TPSA) is 29.1 Å². The minimum Gasteiger partial charge on any atom is -0.313 e. The molecule has 2 rings (SSSR count). The van der Waals surface area contributed by atoms with E-state index in [0.29, 0.717) is 0 Å². The van der Waals surface area contributed by atoms with Gasteiger partial charge in [-0.3, -0.25) is 4.79 Å². The summed E-state index contributed by atoms with van der Waals surface area (Å²) in [5.74, 6) is 0. The fourth-order valence-corrected chi connectivity index (χ4v) is 1.99. The van der Waals surface area contributed by atoms with Crippen molar-refractivity contribution in [2.45, 2.75) is 13.5 Å². The van der Waals surface area contributed by atoms with Gasteiger partial charge in [-0.1, -0.05) is 49.4 Å². The highest BCUT2D eigenvalue weighted by Gasteiger charge is 2.05. The Morgan fingerprint density at radius 2 is 1.89 bits per heavy atom. The lowest BCUT2D eigenvalue weighted by Crippen LogP contribution is -2.12. The van der Waals surface area contributed by atoms with E-state index in [1.54, 1.807) is 0 Å². The van der Waals surface area contributed by atoms with E-state index < -0.39 is 0 Å². The number of benzene rings is 2. The molecule has 0 aliphatic rings. The molecule has 2 heteroatoms. The summed E-state index contributed by atoms with van der Waals surface area (Å²) in [5.41, 5.74) is 4.25. The molecule has 2 aromatic rings. The highest BCUT2D eigenvalue weighted by atomic mass is 16.1. The van der Waals surface area contributed by atoms with Crippen LogP contribution in [-0.2, 0) is 6.54 Å². The van der Waals surface area contributed by atoms with E-state index in [1.165, 1.54) is 11.1 Å². The van der Waals surface area contributed by atoms with Crippen molar-refractivity contribution in [2.24, 2.45) is 0 Å². The maximum Gasteiger partial charge on any atom is 0.150 e. The molecular formula is C16H17NO. The molecule has 0 spiro atoms. The van der Waals surface area contributed by atoms with Crippen LogP contribution in [0.1, 0.15) is 22.8 Å². The zero-order valence-electron chi connectivity index (χ0n) is 10.5. The zero-order valence-corrected chi connectivity index (χ0v) is 10.5. The maximum atomic E-state index is 10.9. The van der Waals surface area contributed by atoms with E-state index in [0.717, 1.165) is 30.5 Å². The Balaban J connectivity index is 2.42. The monoisotopic (exact) mass is 239 g/mol. The van der Waals surface area contributed by atoms with Gasteiger partial charge in [-0.25, -0.2) is 0 Å². The molecule has 2 aromatic carbocycles. The van der Waals surface area contributed by atoms with E-state index in [1.807, 2.05) is 36.4 Å². The Hall–Kier alpha value is -1.93. The number of hydrogen-bond donors (Lipinski definition) is 1. The third-order valence-corrected chi connectivity index (χ3v) is 2.92. The van der Waals surface area contributed by atoms with Crippen LogP contribution >= 0.6 is 0 Å². The Labute approximate surface area is 108 Å². The van der Waals surface area contributed by atoms with Crippen LogP contribution in [0.3, 0.4) is 0 Å². The molecule has 0 fully saturated rings. The van der Waals surface area contributed by atoms with Crippen molar-refractivity contribution < 1.29 is 4.79 Å². The lowest BCUT2D eigenvalue weighted by atomic mass is 9.97. The van der Waals surface area contributed by atoms with Gasteiger partial charge in [0.2, 0.25) is 0 Å². The molecular weight excluding hydrogens is 222 g/mol. The molecule has 0 saturated heterocycles. The van der Waals surface area contributed by atoms with Crippen LogP contribution in [0.25, 0.3) is 11.1 Å². The van der Waals surface area contributed by atoms with Crippen molar-refractivity contribution in [1.82, 2.24) is 5.32 Å². The van der Waals surface area contributed by atoms with E-state index in [4.69, 9.17) is 0 Å². The fourth-order valence-electron chi connectivity index (χ4n) is 1.99. The second-order valence-corrected chi connectivity index (χ2v) is 4.18. The summed E-state index contributed by atoms with van der Waals surface area (Å²) in [6.45, 7) is 3.77. The minimum atomic E-state index is 0.725. The van der Waals surface area contributed by atoms with E-state index >= 15 is 0 Å². The van der Waals surface area contributed by atoms with Crippen molar-refractivity contribution >= 4 is 6.29 Å². The van der Waals surface area contributed by atoms with Gasteiger partial charge in [0.1, 0.15) is 6.29 Å². The predicted octanol–water partition coefficient (Wildman–Crippen LogP) is 3.28. The summed E-state index contributed by atoms with van der Waals surface area (Å²) < 4.78 is 0. The third-order valence-electron chi connectivity index (χ3n) is 2.92. The Morgan fingerprint density at radius 1 is 1.11 bits per heavy atom. The third kappa shape index (κ3) is 2.84. The molecule has 0 aliphatic carbocycles. The summed E-state index contributed by atoms with van der Waals surface area (Å²) in [7, 11) is 0. The average Bonchev–Trinajstić information content (AvgIpc) is 2.45. The van der Waals surface area contributed by atoms with Crippen LogP contribution in [0, 0.1) is 0 Å². The lowest BCUT2D eigenvalue weighted by Gasteiger charge is -2.11. The molecule has 2 nitrogen and oxygen atoms in total. The van der Waals surface area contributed by atoms with Crippen molar-refractivity contribution in [3.63, 3.8) is 0 Å². The van der Waals surface area contributed by atoms with Crippen LogP contribution in [0.2, 0.25) is 0 Å². The van der Waals surface area contributed by atoms with Crippen molar-refractivity contribution in [3.8, 4) is 11.1 Å². The largest absolute Gasteiger partial charge is 0.313 e. The molecule has 0 atom stereocenters. The first-order valence-electron chi connectivity index (χ1n) is 6.19.